The van der Waals surface area contributed by atoms with Crippen LogP contribution in [0.25, 0.3) is 0 Å². The number of benzene rings is 1. The minimum absolute atomic E-state index is 0.165. The van der Waals surface area contributed by atoms with Crippen LogP contribution in [-0.4, -0.2) is 35.1 Å². The maximum absolute atomic E-state index is 13.0. The Hall–Kier alpha value is -1.82. The zero-order chi connectivity index (χ0) is 16.5. The number of carboxylic acid groups (broad SMARTS) is 1. The first-order chi connectivity index (χ1) is 10.2. The summed E-state index contributed by atoms with van der Waals surface area (Å²) in [6.07, 6.45) is 0.418. The molecule has 2 atom stereocenters. The van der Waals surface area contributed by atoms with Gasteiger partial charge in [0.15, 0.2) is 0 Å². The zero-order valence-corrected chi connectivity index (χ0v) is 13.2. The molecule has 1 aliphatic heterocycles. The van der Waals surface area contributed by atoms with Crippen molar-refractivity contribution in [3.63, 3.8) is 0 Å². The summed E-state index contributed by atoms with van der Waals surface area (Å²) in [5, 5.41) is 12.2. The van der Waals surface area contributed by atoms with Gasteiger partial charge < -0.3 is 15.3 Å². The molecule has 5 nitrogen and oxygen atoms in total. The number of nitrogens with one attached hydrogen (secondary N) is 1. The fourth-order valence-corrected chi connectivity index (χ4v) is 2.85. The molecule has 1 heterocycles. The van der Waals surface area contributed by atoms with Gasteiger partial charge in [-0.25, -0.2) is 9.18 Å². The van der Waals surface area contributed by atoms with Crippen LogP contribution in [-0.2, 0) is 4.79 Å². The molecular weight excluding hydrogens is 311 g/mol. The highest BCUT2D eigenvalue weighted by molar-refractivity contribution is 6.31. The number of nitrogens with zero attached hydrogens (tertiary/aromatic N) is 1. The Balaban J connectivity index is 2.02. The molecule has 0 radical (unpaired) electrons. The first-order valence-corrected chi connectivity index (χ1v) is 7.34. The molecule has 120 valence electrons. The Morgan fingerprint density at radius 3 is 2.73 bits per heavy atom. The first-order valence-electron chi connectivity index (χ1n) is 6.97. The van der Waals surface area contributed by atoms with E-state index in [1.54, 1.807) is 13.8 Å². The molecule has 0 aromatic heterocycles. The van der Waals surface area contributed by atoms with Crippen molar-refractivity contribution in [2.75, 3.05) is 13.1 Å². The first kappa shape index (κ1) is 16.5. The molecule has 7 heteroatoms. The minimum Gasteiger partial charge on any atom is -0.481 e. The van der Waals surface area contributed by atoms with Gasteiger partial charge in [0.1, 0.15) is 5.82 Å². The molecule has 1 aromatic rings. The van der Waals surface area contributed by atoms with Crippen molar-refractivity contribution in [3.8, 4) is 0 Å². The lowest BCUT2D eigenvalue weighted by atomic mass is 9.90. The summed E-state index contributed by atoms with van der Waals surface area (Å²) >= 11 is 5.97. The van der Waals surface area contributed by atoms with Crippen LogP contribution in [0.1, 0.15) is 31.9 Å². The number of rotatable bonds is 3. The van der Waals surface area contributed by atoms with Crippen molar-refractivity contribution in [2.45, 2.75) is 26.3 Å². The highest BCUT2D eigenvalue weighted by Gasteiger charge is 2.42. The van der Waals surface area contributed by atoms with E-state index in [0.29, 0.717) is 18.5 Å². The second kappa shape index (κ2) is 6.12. The number of urea groups is 1. The SMILES string of the molecule is C[C@H](NC(=O)N1CCC(C)(C(=O)O)C1)c1ccc(F)cc1Cl. The molecule has 1 aromatic carbocycles. The molecule has 1 unspecified atom stereocenters. The third-order valence-electron chi connectivity index (χ3n) is 4.05. The highest BCUT2D eigenvalue weighted by atomic mass is 35.5. The molecule has 1 saturated heterocycles. The van der Waals surface area contributed by atoms with Crippen LogP contribution in [0.4, 0.5) is 9.18 Å². The molecule has 0 aliphatic carbocycles. The molecule has 22 heavy (non-hydrogen) atoms. The molecule has 1 fully saturated rings. The van der Waals surface area contributed by atoms with Crippen molar-refractivity contribution in [1.29, 1.82) is 0 Å². The molecule has 0 bridgehead atoms. The van der Waals surface area contributed by atoms with Crippen LogP contribution in [0.2, 0.25) is 5.02 Å². The van der Waals surface area contributed by atoms with E-state index < -0.39 is 23.2 Å². The van der Waals surface area contributed by atoms with E-state index in [0.717, 1.165) is 0 Å². The Morgan fingerprint density at radius 2 is 2.18 bits per heavy atom. The number of aliphatic carboxylic acids is 1. The van der Waals surface area contributed by atoms with Gasteiger partial charge in [-0.3, -0.25) is 4.79 Å². The molecule has 0 saturated carbocycles. The fourth-order valence-electron chi connectivity index (χ4n) is 2.52. The zero-order valence-electron chi connectivity index (χ0n) is 12.4. The van der Waals surface area contributed by atoms with Crippen LogP contribution >= 0.6 is 11.6 Å². The summed E-state index contributed by atoms with van der Waals surface area (Å²) in [6.45, 7) is 3.92. The van der Waals surface area contributed by atoms with Crippen LogP contribution in [0.3, 0.4) is 0 Å². The second-order valence-corrected chi connectivity index (χ2v) is 6.28. The monoisotopic (exact) mass is 328 g/mol. The van der Waals surface area contributed by atoms with E-state index >= 15 is 0 Å². The van der Waals surface area contributed by atoms with Gasteiger partial charge in [-0.1, -0.05) is 17.7 Å². The van der Waals surface area contributed by atoms with Crippen molar-refractivity contribution >= 4 is 23.6 Å². The molecule has 2 amide bonds. The van der Waals surface area contributed by atoms with Crippen molar-refractivity contribution in [2.24, 2.45) is 5.41 Å². The van der Waals surface area contributed by atoms with E-state index in [4.69, 9.17) is 11.6 Å². The number of hydrogen-bond donors (Lipinski definition) is 2. The molecule has 1 aliphatic rings. The Labute approximate surface area is 133 Å². The van der Waals surface area contributed by atoms with Crippen molar-refractivity contribution < 1.29 is 19.1 Å². The third kappa shape index (κ3) is 3.32. The number of carbonyl (C=O) groups excluding carboxylic acids is 1. The van der Waals surface area contributed by atoms with Crippen molar-refractivity contribution in [3.05, 3.63) is 34.6 Å². The predicted molar refractivity (Wildman–Crippen MR) is 80.3 cm³/mol. The fraction of sp³-hybridized carbons (Fsp3) is 0.467. The van der Waals surface area contributed by atoms with Gasteiger partial charge in [-0.15, -0.1) is 0 Å². The largest absolute Gasteiger partial charge is 0.481 e. The second-order valence-electron chi connectivity index (χ2n) is 5.87. The number of carboxylic acids is 1. The Morgan fingerprint density at radius 1 is 1.50 bits per heavy atom. The smallest absolute Gasteiger partial charge is 0.317 e. The lowest BCUT2D eigenvalue weighted by Crippen LogP contribution is -2.41. The third-order valence-corrected chi connectivity index (χ3v) is 4.37. The van der Waals surface area contributed by atoms with E-state index in [1.165, 1.54) is 23.1 Å². The van der Waals surface area contributed by atoms with Crippen LogP contribution < -0.4 is 5.32 Å². The van der Waals surface area contributed by atoms with Crippen molar-refractivity contribution in [1.82, 2.24) is 10.2 Å². The Kier molecular flexibility index (Phi) is 4.60. The normalized spacial score (nSPS) is 22.5. The summed E-state index contributed by atoms with van der Waals surface area (Å²) in [7, 11) is 0. The Bertz CT molecular complexity index is 610. The average Bonchev–Trinajstić information content (AvgIpc) is 2.82. The lowest BCUT2D eigenvalue weighted by Gasteiger charge is -2.23. The van der Waals surface area contributed by atoms with Gasteiger partial charge in [-0.2, -0.15) is 0 Å². The topological polar surface area (TPSA) is 69.6 Å². The van der Waals surface area contributed by atoms with Gasteiger partial charge >= 0.3 is 12.0 Å². The van der Waals surface area contributed by atoms with Gasteiger partial charge in [0.2, 0.25) is 0 Å². The van der Waals surface area contributed by atoms with Gasteiger partial charge in [0.05, 0.1) is 11.5 Å². The van der Waals surface area contributed by atoms with E-state index in [2.05, 4.69) is 5.32 Å². The summed E-state index contributed by atoms with van der Waals surface area (Å²) in [5.41, 5.74) is -0.301. The highest BCUT2D eigenvalue weighted by Crippen LogP contribution is 2.30. The number of halogens is 2. The van der Waals surface area contributed by atoms with Crippen LogP contribution in [0, 0.1) is 11.2 Å². The van der Waals surface area contributed by atoms with E-state index in [-0.39, 0.29) is 17.6 Å². The van der Waals surface area contributed by atoms with E-state index in [9.17, 15) is 19.1 Å². The van der Waals surface area contributed by atoms with Gasteiger partial charge in [-0.05, 0) is 38.0 Å². The summed E-state index contributed by atoms with van der Waals surface area (Å²) in [5.74, 6) is -1.35. The van der Waals surface area contributed by atoms with E-state index in [1.807, 2.05) is 0 Å². The number of amides is 2. The molecule has 0 spiro atoms. The molecular formula is C15H18ClFN2O3. The summed E-state index contributed by atoms with van der Waals surface area (Å²) in [6, 6.07) is 3.24. The van der Waals surface area contributed by atoms with Crippen LogP contribution in [0.5, 0.6) is 0 Å². The number of hydrogen-bond acceptors (Lipinski definition) is 2. The number of likely N-dealkylation sites (tertiary alicyclic amines) is 1. The van der Waals surface area contributed by atoms with Crippen LogP contribution in [0.15, 0.2) is 18.2 Å². The lowest BCUT2D eigenvalue weighted by molar-refractivity contribution is -0.146. The quantitative estimate of drug-likeness (QED) is 0.896. The standard InChI is InChI=1S/C15H18ClFN2O3/c1-9(11-4-3-10(17)7-12(11)16)18-14(22)19-6-5-15(2,8-19)13(20)21/h3-4,7,9H,5-6,8H2,1-2H3,(H,18,22)(H,20,21)/t9-,15?/m0/s1. The maximum atomic E-state index is 13.0. The van der Waals surface area contributed by atoms with Gasteiger partial charge in [0, 0.05) is 18.1 Å². The molecule has 2 rings (SSSR count). The average molecular weight is 329 g/mol. The number of carbonyl (C=O) groups is 2. The van der Waals surface area contributed by atoms with Gasteiger partial charge in [0.25, 0.3) is 0 Å². The summed E-state index contributed by atoms with van der Waals surface area (Å²) < 4.78 is 13.0. The summed E-state index contributed by atoms with van der Waals surface area (Å²) in [4.78, 5) is 24.9. The molecule has 2 N–H and O–H groups in total. The minimum atomic E-state index is -0.909. The predicted octanol–water partition coefficient (Wildman–Crippen LogP) is 3.05. The maximum Gasteiger partial charge on any atom is 0.317 e.